The van der Waals surface area contributed by atoms with Gasteiger partial charge in [0.15, 0.2) is 21.7 Å². The summed E-state index contributed by atoms with van der Waals surface area (Å²) in [4.78, 5) is 50.3. The highest BCUT2D eigenvalue weighted by atomic mass is 32.2. The van der Waals surface area contributed by atoms with Crippen LogP contribution in [-0.4, -0.2) is 17.6 Å². The zero-order valence-electron chi connectivity index (χ0n) is 58.4. The predicted octanol–water partition coefficient (Wildman–Crippen LogP) is 27.4. The summed E-state index contributed by atoms with van der Waals surface area (Å²) >= 11 is 1.06. The van der Waals surface area contributed by atoms with E-state index in [2.05, 4.69) is 11.8 Å². The van der Waals surface area contributed by atoms with Gasteiger partial charge in [-0.05, 0) is 156 Å². The Kier molecular flexibility index (Phi) is 38.1. The van der Waals surface area contributed by atoms with E-state index in [-0.39, 0.29) is 125 Å². The van der Waals surface area contributed by atoms with Crippen molar-refractivity contribution >= 4 is 33.8 Å². The fourth-order valence-corrected chi connectivity index (χ4v) is 13.4. The summed E-state index contributed by atoms with van der Waals surface area (Å²) in [5, 5.41) is 0. The van der Waals surface area contributed by atoms with E-state index in [1.807, 2.05) is 0 Å². The molecule has 0 saturated heterocycles. The number of aromatic nitrogens is 4. The predicted molar refractivity (Wildman–Crippen MR) is 469 cm³/mol. The largest absolute Gasteiger partial charge is 0.323 e. The van der Waals surface area contributed by atoms with Crippen LogP contribution in [0.3, 0.4) is 0 Å². The van der Waals surface area contributed by atoms with Gasteiger partial charge in [-0.15, -0.1) is 0 Å². The molecule has 0 saturated carbocycles. The molecule has 0 aliphatic rings. The molecule has 0 spiro atoms. The van der Waals surface area contributed by atoms with Crippen LogP contribution in [0.1, 0.15) is 108 Å². The van der Waals surface area contributed by atoms with Crippen molar-refractivity contribution in [3.63, 3.8) is 0 Å². The van der Waals surface area contributed by atoms with Gasteiger partial charge in [0.2, 0.25) is 0 Å². The highest BCUT2D eigenvalue weighted by Crippen LogP contribution is 2.35. The second kappa shape index (κ2) is 45.2. The van der Waals surface area contributed by atoms with Gasteiger partial charge in [0, 0.05) is 120 Å². The van der Waals surface area contributed by atoms with Gasteiger partial charge >= 0.3 is 0 Å². The van der Waals surface area contributed by atoms with Crippen LogP contribution in [0, 0.1) is 105 Å². The summed E-state index contributed by atoms with van der Waals surface area (Å²) in [6, 6.07) is 44.4. The van der Waals surface area contributed by atoms with Crippen LogP contribution in [0.4, 0.5) is 70.2 Å². The van der Waals surface area contributed by atoms with Crippen molar-refractivity contribution in [3.8, 4) is 56.3 Å². The van der Waals surface area contributed by atoms with Gasteiger partial charge in [-0.3, -0.25) is 19.2 Å². The maximum absolute atomic E-state index is 14.2. The summed E-state index contributed by atoms with van der Waals surface area (Å²) in [5.74, 6) is -6.68. The van der Waals surface area contributed by atoms with Crippen molar-refractivity contribution in [2.45, 2.75) is 103 Å². The lowest BCUT2D eigenvalue weighted by Crippen LogP contribution is -2.10. The van der Waals surface area contributed by atoms with Crippen molar-refractivity contribution in [1.82, 2.24) is 17.6 Å². The van der Waals surface area contributed by atoms with Crippen LogP contribution in [-0.2, 0) is 19.3 Å². The van der Waals surface area contributed by atoms with Crippen molar-refractivity contribution in [2.75, 3.05) is 0 Å². The second-order valence-corrected chi connectivity index (χ2v) is 26.4. The molecule has 0 aliphatic carbocycles. The minimum atomic E-state index is -0.842. The molecule has 8 aromatic carbocycles. The Morgan fingerprint density at radius 2 is 0.581 bits per heavy atom. The normalized spacial score (nSPS) is 10.1. The standard InChI is InChI=1S/C23H15F4NO.C23H11F4NO.C22H13F4NO.C21H11F4NOS.10CH4/c2*24-16-8-7-15(19(27)12-16)6-4-14-5-9-20-23(21(29)10-11-28(20)13-14)22-17(25)2-1-3-18(22)26;23-15-6-5-14(18(26)11-15)10-13-4-7-19-22(20(28)8-9-27(19)12-13)21-16(24)2-1-3-17(21)25;22-12-4-7-19(16(25)10-12)28-13-5-6-17-21(18(27)8-9-26(17)11-13)20-14(23)2-1-3-15(20)24;;;;;;;;;;/h1-3,5,7-13H,4,6H2;1-3,5,7-13H;1-9,11-12H,10H2;1-11H;10*1H4. The SMILES string of the molecule is C.C.C.C.C.C.C.C.C.C.O=c1ccn2cc(C#Cc3ccc(F)cc3F)ccc2c1-c1c(F)cccc1F.O=c1ccn2cc(CCc3ccc(F)cc3F)ccc2c1-c1c(F)cccc1F.O=c1ccn2cc(Cc3ccc(F)cc3F)ccc2c1-c1c(F)cccc1F.O=c1ccn2cc(Sc3ccc(F)cc3F)ccc2c1-c1c(F)cccc1F. The average Bonchev–Trinajstić information content (AvgIpc) is 0.782. The first-order chi connectivity index (χ1) is 54.7. The number of rotatable bonds is 11. The molecule has 8 heterocycles. The smallest absolute Gasteiger partial charge is 0.190 e. The first kappa shape index (κ1) is 104. The fraction of sp³-hybridized carbons (Fsp3) is 0.131. The van der Waals surface area contributed by atoms with Crippen molar-refractivity contribution in [1.29, 1.82) is 0 Å². The lowest BCUT2D eigenvalue weighted by atomic mass is 10.0. The summed E-state index contributed by atoms with van der Waals surface area (Å²) in [6.45, 7) is 0. The molecule has 124 heavy (non-hydrogen) atoms. The average molecular weight is 1740 g/mol. The molecule has 0 N–H and O–H groups in total. The third-order valence-electron chi connectivity index (χ3n) is 17.9. The maximum Gasteiger partial charge on any atom is 0.190 e. The molecule has 8 aromatic heterocycles. The quantitative estimate of drug-likeness (QED) is 0.0951. The molecule has 0 aliphatic heterocycles. The molecular weight excluding hydrogens is 1650 g/mol. The Morgan fingerprint density at radius 1 is 0.258 bits per heavy atom. The van der Waals surface area contributed by atoms with Crippen LogP contribution >= 0.6 is 11.8 Å². The van der Waals surface area contributed by atoms with Crippen molar-refractivity contribution in [2.24, 2.45) is 0 Å². The highest BCUT2D eigenvalue weighted by molar-refractivity contribution is 7.99. The lowest BCUT2D eigenvalue weighted by Gasteiger charge is -2.11. The number of fused-ring (bicyclic) bond motifs is 4. The Labute approximate surface area is 713 Å². The molecular formula is C99H90F16N4O4S. The molecule has 0 bridgehead atoms. The lowest BCUT2D eigenvalue weighted by molar-refractivity contribution is 0.565. The number of aryl methyl sites for hydroxylation is 2. The van der Waals surface area contributed by atoms with E-state index in [0.29, 0.717) is 62.1 Å². The minimum Gasteiger partial charge on any atom is -0.323 e. The third kappa shape index (κ3) is 23.1. The number of nitrogens with zero attached hydrogens (tertiary/aromatic N) is 4. The Morgan fingerprint density at radius 3 is 0.968 bits per heavy atom. The zero-order valence-corrected chi connectivity index (χ0v) is 59.2. The monoisotopic (exact) mass is 1730 g/mol. The molecule has 0 fully saturated rings. The van der Waals surface area contributed by atoms with E-state index in [1.165, 1.54) is 131 Å². The maximum atomic E-state index is 14.2. The van der Waals surface area contributed by atoms with Crippen molar-refractivity contribution in [3.05, 3.63) is 435 Å². The van der Waals surface area contributed by atoms with Gasteiger partial charge in [-0.2, -0.15) is 0 Å². The summed E-state index contributed by atoms with van der Waals surface area (Å²) in [6.07, 6.45) is 13.4. The van der Waals surface area contributed by atoms with Gasteiger partial charge in [0.1, 0.15) is 93.1 Å². The fourth-order valence-electron chi connectivity index (χ4n) is 12.6. The molecule has 0 amide bonds. The van der Waals surface area contributed by atoms with E-state index in [9.17, 15) is 89.4 Å². The van der Waals surface area contributed by atoms with Crippen LogP contribution in [0.2, 0.25) is 0 Å². The van der Waals surface area contributed by atoms with Gasteiger partial charge in [-0.25, -0.2) is 70.2 Å². The molecule has 16 rings (SSSR count). The van der Waals surface area contributed by atoms with Crippen LogP contribution in [0.5, 0.6) is 0 Å². The first-order valence-electron chi connectivity index (χ1n) is 34.1. The van der Waals surface area contributed by atoms with Crippen LogP contribution < -0.4 is 21.7 Å². The van der Waals surface area contributed by atoms with Gasteiger partial charge in [0.25, 0.3) is 0 Å². The summed E-state index contributed by atoms with van der Waals surface area (Å²) in [5.41, 5.74) is 0.0364. The number of hydrogen-bond acceptors (Lipinski definition) is 5. The Hall–Kier alpha value is -13.7. The summed E-state index contributed by atoms with van der Waals surface area (Å²) < 4.78 is 228. The van der Waals surface area contributed by atoms with E-state index < -0.39 is 126 Å². The topological polar surface area (TPSA) is 85.9 Å². The van der Waals surface area contributed by atoms with Gasteiger partial charge in [0.05, 0.1) is 72.1 Å². The van der Waals surface area contributed by atoms with E-state index in [1.54, 1.807) is 70.0 Å². The molecule has 0 unspecified atom stereocenters. The van der Waals surface area contributed by atoms with Gasteiger partial charge < -0.3 is 17.6 Å². The Balaban J connectivity index is 0.000000416. The zero-order chi connectivity index (χ0) is 80.8. The number of benzene rings is 8. The number of hydrogen-bond donors (Lipinski definition) is 0. The van der Waals surface area contributed by atoms with Crippen LogP contribution in [0.25, 0.3) is 66.6 Å². The van der Waals surface area contributed by atoms with E-state index in [4.69, 9.17) is 0 Å². The van der Waals surface area contributed by atoms with Crippen molar-refractivity contribution < 1.29 is 70.2 Å². The molecule has 25 heteroatoms. The van der Waals surface area contributed by atoms with Gasteiger partial charge in [-0.1, -0.05) is 146 Å². The Bertz CT molecular complexity index is 6540. The van der Waals surface area contributed by atoms with Crippen LogP contribution in [0.15, 0.2) is 297 Å². The third-order valence-corrected chi connectivity index (χ3v) is 18.9. The minimum absolute atomic E-state index is 0. The van der Waals surface area contributed by atoms with E-state index >= 15 is 0 Å². The van der Waals surface area contributed by atoms with E-state index in [0.717, 1.165) is 102 Å². The molecule has 8 nitrogen and oxygen atoms in total. The second-order valence-electron chi connectivity index (χ2n) is 25.3. The number of pyridine rings is 8. The molecule has 0 radical (unpaired) electrons. The molecule has 16 aromatic rings. The first-order valence-corrected chi connectivity index (χ1v) is 34.9. The number of halogens is 16. The summed E-state index contributed by atoms with van der Waals surface area (Å²) in [7, 11) is 0. The highest BCUT2D eigenvalue weighted by Gasteiger charge is 2.23. The molecule has 648 valence electrons. The molecule has 0 atom stereocenters.